The summed E-state index contributed by atoms with van der Waals surface area (Å²) in [5, 5.41) is 0.697. The fraction of sp³-hybridized carbons (Fsp3) is 0.588. The second kappa shape index (κ2) is 16.4. The van der Waals surface area contributed by atoms with E-state index in [1.165, 1.54) is 13.0 Å². The number of hydrogen-bond donors (Lipinski definition) is 1. The van der Waals surface area contributed by atoms with Gasteiger partial charge in [0.2, 0.25) is 24.1 Å². The average molecular weight is 355 g/mol. The molecular formula is C17H29N3O5. The van der Waals surface area contributed by atoms with E-state index in [2.05, 4.69) is 12.0 Å². The summed E-state index contributed by atoms with van der Waals surface area (Å²) in [5.74, 6) is -0.920. The van der Waals surface area contributed by atoms with Crippen LogP contribution in [0.4, 0.5) is 0 Å². The number of likely N-dealkylation sites (N-methyl/N-ethyl adjacent to an activating group) is 1. The van der Waals surface area contributed by atoms with Gasteiger partial charge in [0.05, 0.1) is 0 Å². The second-order valence-corrected chi connectivity index (χ2v) is 5.16. The highest BCUT2D eigenvalue weighted by molar-refractivity contribution is 5.89. The monoisotopic (exact) mass is 355 g/mol. The molecule has 0 aliphatic rings. The summed E-state index contributed by atoms with van der Waals surface area (Å²) in [6.45, 7) is 7.27. The van der Waals surface area contributed by atoms with Crippen LogP contribution in [0.2, 0.25) is 0 Å². The molecule has 0 saturated heterocycles. The van der Waals surface area contributed by atoms with Crippen LogP contribution in [0.5, 0.6) is 0 Å². The molecule has 0 aromatic heterocycles. The lowest BCUT2D eigenvalue weighted by molar-refractivity contribution is -0.147. The molecule has 0 spiro atoms. The van der Waals surface area contributed by atoms with Gasteiger partial charge in [-0.1, -0.05) is 19.9 Å². The first-order valence-corrected chi connectivity index (χ1v) is 8.21. The zero-order valence-electron chi connectivity index (χ0n) is 15.3. The third-order valence-electron chi connectivity index (χ3n) is 3.03. The maximum absolute atomic E-state index is 11.6. The van der Waals surface area contributed by atoms with Crippen LogP contribution in [-0.4, -0.2) is 53.9 Å². The minimum absolute atomic E-state index is 0.131. The molecule has 0 rings (SSSR count). The van der Waals surface area contributed by atoms with Gasteiger partial charge in [-0.2, -0.15) is 5.01 Å². The first kappa shape index (κ1) is 24.7. The third kappa shape index (κ3) is 13.6. The van der Waals surface area contributed by atoms with Crippen LogP contribution in [0.3, 0.4) is 0 Å². The number of hydrogen-bond acceptors (Lipinski definition) is 5. The number of hydrazine groups is 1. The fourth-order valence-corrected chi connectivity index (χ4v) is 1.75. The summed E-state index contributed by atoms with van der Waals surface area (Å²) in [4.78, 5) is 55.5. The number of aldehydes is 1. The molecule has 0 bridgehead atoms. The van der Waals surface area contributed by atoms with Gasteiger partial charge >= 0.3 is 0 Å². The molecular weight excluding hydrogens is 326 g/mol. The van der Waals surface area contributed by atoms with Crippen molar-refractivity contribution in [3.63, 3.8) is 0 Å². The molecule has 0 saturated carbocycles. The Kier molecular flexibility index (Phi) is 16.2. The molecule has 1 N–H and O–H groups in total. The molecule has 0 atom stereocenters. The molecule has 0 aromatic carbocycles. The zero-order valence-corrected chi connectivity index (χ0v) is 15.3. The van der Waals surface area contributed by atoms with Gasteiger partial charge in [0.15, 0.2) is 0 Å². The predicted octanol–water partition coefficient (Wildman–Crippen LogP) is 1.21. The van der Waals surface area contributed by atoms with Gasteiger partial charge in [-0.25, -0.2) is 0 Å². The molecule has 8 heteroatoms. The lowest BCUT2D eigenvalue weighted by atomic mass is 10.2. The summed E-state index contributed by atoms with van der Waals surface area (Å²) in [5.41, 5.74) is 2.28. The zero-order chi connectivity index (χ0) is 19.7. The van der Waals surface area contributed by atoms with Crippen LogP contribution in [0, 0.1) is 0 Å². The Labute approximate surface area is 149 Å². The first-order valence-electron chi connectivity index (χ1n) is 8.21. The number of carbonyl (C=O) groups is 5. The fourth-order valence-electron chi connectivity index (χ4n) is 1.75. The number of imide groups is 1. The number of carbonyl (C=O) groups excluding carboxylic acids is 5. The van der Waals surface area contributed by atoms with Crippen molar-refractivity contribution in [1.29, 1.82) is 0 Å². The van der Waals surface area contributed by atoms with Crippen molar-refractivity contribution in [2.45, 2.75) is 52.4 Å². The minimum atomic E-state index is -0.421. The quantitative estimate of drug-likeness (QED) is 0.275. The molecule has 4 amide bonds. The van der Waals surface area contributed by atoms with Gasteiger partial charge in [-0.05, 0) is 32.3 Å². The Hall–Kier alpha value is -2.51. The van der Waals surface area contributed by atoms with Crippen LogP contribution in [-0.2, 0) is 24.0 Å². The van der Waals surface area contributed by atoms with Crippen molar-refractivity contribution in [3.05, 3.63) is 12.7 Å². The summed E-state index contributed by atoms with van der Waals surface area (Å²) in [6.07, 6.45) is 5.53. The second-order valence-electron chi connectivity index (χ2n) is 5.16. The van der Waals surface area contributed by atoms with E-state index in [1.807, 2.05) is 6.92 Å². The largest absolute Gasteiger partial charge is 0.342 e. The maximum Gasteiger partial charge on any atom is 0.247 e. The van der Waals surface area contributed by atoms with Crippen molar-refractivity contribution in [3.8, 4) is 0 Å². The van der Waals surface area contributed by atoms with E-state index in [9.17, 15) is 19.2 Å². The molecule has 0 heterocycles. The summed E-state index contributed by atoms with van der Waals surface area (Å²) >= 11 is 0. The summed E-state index contributed by atoms with van der Waals surface area (Å²) < 4.78 is 0. The normalized spacial score (nSPS) is 9.08. The maximum atomic E-state index is 11.6. The van der Waals surface area contributed by atoms with Crippen LogP contribution in [0.15, 0.2) is 12.7 Å². The van der Waals surface area contributed by atoms with Gasteiger partial charge in [0, 0.05) is 26.4 Å². The molecule has 142 valence electrons. The average Bonchev–Trinajstić information content (AvgIpc) is 2.59. The Morgan fingerprint density at radius 3 is 2.16 bits per heavy atom. The molecule has 0 fully saturated rings. The standard InChI is InChI=1S/C15H25N3O4.C2H4O/c1-4-9-15(22)18(12-19)16-13(20)10-7-6-8-11-17(3)14(21)5-2;1-2-3/h5,12H,2,4,6-11H2,1,3H3,(H,16,20);2H,1H3. The molecule has 0 radical (unpaired) electrons. The van der Waals surface area contributed by atoms with Gasteiger partial charge in [0.1, 0.15) is 6.29 Å². The first-order chi connectivity index (χ1) is 11.9. The molecule has 25 heavy (non-hydrogen) atoms. The van der Waals surface area contributed by atoms with Crippen molar-refractivity contribution in [1.82, 2.24) is 15.3 Å². The van der Waals surface area contributed by atoms with Crippen LogP contribution >= 0.6 is 0 Å². The smallest absolute Gasteiger partial charge is 0.247 e. The van der Waals surface area contributed by atoms with Gasteiger partial charge in [-0.15, -0.1) is 0 Å². The summed E-state index contributed by atoms with van der Waals surface area (Å²) in [7, 11) is 1.69. The lowest BCUT2D eigenvalue weighted by Gasteiger charge is -2.16. The Morgan fingerprint density at radius 1 is 1.08 bits per heavy atom. The van der Waals surface area contributed by atoms with E-state index in [0.29, 0.717) is 30.8 Å². The van der Waals surface area contributed by atoms with E-state index in [1.54, 1.807) is 11.9 Å². The van der Waals surface area contributed by atoms with E-state index >= 15 is 0 Å². The van der Waals surface area contributed by atoms with Gasteiger partial charge in [-0.3, -0.25) is 24.6 Å². The third-order valence-corrected chi connectivity index (χ3v) is 3.03. The van der Waals surface area contributed by atoms with Crippen molar-refractivity contribution < 1.29 is 24.0 Å². The summed E-state index contributed by atoms with van der Waals surface area (Å²) in [6, 6.07) is 0. The van der Waals surface area contributed by atoms with Crippen molar-refractivity contribution >= 4 is 30.4 Å². The molecule has 0 aliphatic carbocycles. The Balaban J connectivity index is 0. The van der Waals surface area contributed by atoms with Crippen molar-refractivity contribution in [2.75, 3.05) is 13.6 Å². The Morgan fingerprint density at radius 2 is 1.68 bits per heavy atom. The van der Waals surface area contributed by atoms with E-state index in [0.717, 1.165) is 19.1 Å². The highest BCUT2D eigenvalue weighted by Crippen LogP contribution is 2.02. The minimum Gasteiger partial charge on any atom is -0.342 e. The predicted molar refractivity (Wildman–Crippen MR) is 94.0 cm³/mol. The topological polar surface area (TPSA) is 104 Å². The van der Waals surface area contributed by atoms with Gasteiger partial charge in [0.25, 0.3) is 0 Å². The van der Waals surface area contributed by atoms with E-state index < -0.39 is 5.91 Å². The van der Waals surface area contributed by atoms with Gasteiger partial charge < -0.3 is 9.69 Å². The van der Waals surface area contributed by atoms with E-state index in [4.69, 9.17) is 4.79 Å². The molecule has 0 unspecified atom stereocenters. The van der Waals surface area contributed by atoms with E-state index in [-0.39, 0.29) is 24.7 Å². The van der Waals surface area contributed by atoms with Crippen LogP contribution in [0.1, 0.15) is 52.4 Å². The lowest BCUT2D eigenvalue weighted by Crippen LogP contribution is -2.45. The van der Waals surface area contributed by atoms with Crippen LogP contribution < -0.4 is 5.43 Å². The molecule has 0 aliphatic heterocycles. The molecule has 8 nitrogen and oxygen atoms in total. The molecule has 0 aromatic rings. The number of nitrogens with one attached hydrogen (secondary N) is 1. The van der Waals surface area contributed by atoms with Crippen molar-refractivity contribution in [2.24, 2.45) is 0 Å². The SMILES string of the molecule is C=CC(=O)N(C)CCCCCC(=O)NN(C=O)C(=O)CCC.CC=O. The number of amides is 4. The highest BCUT2D eigenvalue weighted by atomic mass is 16.2. The van der Waals surface area contributed by atoms with Crippen LogP contribution in [0.25, 0.3) is 0 Å². The number of rotatable bonds is 10. The Bertz CT molecular complexity index is 452. The number of unbranched alkanes of at least 4 members (excludes halogenated alkanes) is 2. The number of nitrogens with zero attached hydrogens (tertiary/aromatic N) is 2. The highest BCUT2D eigenvalue weighted by Gasteiger charge is 2.14.